The highest BCUT2D eigenvalue weighted by Crippen LogP contribution is 2.07. The predicted molar refractivity (Wildman–Crippen MR) is 43.6 cm³/mol. The SMILES string of the molecule is [CH2]/C=C/c1ccnc(Cl)c1. The van der Waals surface area contributed by atoms with Crippen LogP contribution in [-0.4, -0.2) is 4.98 Å². The van der Waals surface area contributed by atoms with E-state index in [1.165, 1.54) is 0 Å². The van der Waals surface area contributed by atoms with Gasteiger partial charge in [-0.1, -0.05) is 23.8 Å². The van der Waals surface area contributed by atoms with Crippen LogP contribution < -0.4 is 0 Å². The third-order valence-electron chi connectivity index (χ3n) is 1.06. The van der Waals surface area contributed by atoms with Crippen LogP contribution in [0.2, 0.25) is 5.15 Å². The molecular weight excluding hydrogens is 146 g/mol. The molecule has 0 aliphatic heterocycles. The molecule has 0 bridgehead atoms. The van der Waals surface area contributed by atoms with Crippen LogP contribution in [0, 0.1) is 6.92 Å². The van der Waals surface area contributed by atoms with Gasteiger partial charge in [-0.05, 0) is 24.6 Å². The highest BCUT2D eigenvalue weighted by molar-refractivity contribution is 6.29. The normalized spacial score (nSPS) is 10.6. The Morgan fingerprint density at radius 1 is 1.60 bits per heavy atom. The maximum Gasteiger partial charge on any atom is 0.129 e. The van der Waals surface area contributed by atoms with Crippen LogP contribution in [-0.2, 0) is 0 Å². The van der Waals surface area contributed by atoms with Crippen LogP contribution in [0.25, 0.3) is 6.08 Å². The van der Waals surface area contributed by atoms with Crippen molar-refractivity contribution in [3.8, 4) is 0 Å². The van der Waals surface area contributed by atoms with Gasteiger partial charge in [0.25, 0.3) is 0 Å². The molecule has 0 fully saturated rings. The molecular formula is C8H7ClN. The van der Waals surface area contributed by atoms with Crippen LogP contribution in [0.4, 0.5) is 0 Å². The van der Waals surface area contributed by atoms with Gasteiger partial charge >= 0.3 is 0 Å². The lowest BCUT2D eigenvalue weighted by atomic mass is 10.2. The van der Waals surface area contributed by atoms with E-state index in [9.17, 15) is 0 Å². The molecule has 1 nitrogen and oxygen atoms in total. The van der Waals surface area contributed by atoms with E-state index < -0.39 is 0 Å². The zero-order valence-electron chi connectivity index (χ0n) is 5.42. The van der Waals surface area contributed by atoms with Crippen LogP contribution in [0.5, 0.6) is 0 Å². The Kier molecular flexibility index (Phi) is 2.46. The Labute approximate surface area is 65.4 Å². The van der Waals surface area contributed by atoms with E-state index in [1.54, 1.807) is 18.3 Å². The topological polar surface area (TPSA) is 12.9 Å². The predicted octanol–water partition coefficient (Wildman–Crippen LogP) is 2.58. The average molecular weight is 153 g/mol. The maximum atomic E-state index is 5.62. The second-order valence-corrected chi connectivity index (χ2v) is 2.20. The second-order valence-electron chi connectivity index (χ2n) is 1.81. The highest BCUT2D eigenvalue weighted by atomic mass is 35.5. The van der Waals surface area contributed by atoms with Gasteiger partial charge in [-0.2, -0.15) is 0 Å². The largest absolute Gasteiger partial charge is 0.245 e. The summed E-state index contributed by atoms with van der Waals surface area (Å²) >= 11 is 5.62. The van der Waals surface area contributed by atoms with Crippen molar-refractivity contribution in [2.75, 3.05) is 0 Å². The molecule has 0 saturated heterocycles. The Morgan fingerprint density at radius 3 is 3.00 bits per heavy atom. The summed E-state index contributed by atoms with van der Waals surface area (Å²) in [5.41, 5.74) is 1.02. The van der Waals surface area contributed by atoms with E-state index >= 15 is 0 Å². The molecule has 0 atom stereocenters. The summed E-state index contributed by atoms with van der Waals surface area (Å²) in [5.74, 6) is 0. The molecule has 1 radical (unpaired) electrons. The quantitative estimate of drug-likeness (QED) is 0.564. The molecule has 0 unspecified atom stereocenters. The van der Waals surface area contributed by atoms with E-state index in [0.717, 1.165) is 5.56 Å². The first-order valence-electron chi connectivity index (χ1n) is 2.90. The monoisotopic (exact) mass is 152 g/mol. The summed E-state index contributed by atoms with van der Waals surface area (Å²) in [6, 6.07) is 3.65. The molecule has 0 saturated carbocycles. The van der Waals surface area contributed by atoms with E-state index in [-0.39, 0.29) is 0 Å². The van der Waals surface area contributed by atoms with Crippen LogP contribution in [0.3, 0.4) is 0 Å². The Morgan fingerprint density at radius 2 is 2.40 bits per heavy atom. The van der Waals surface area contributed by atoms with E-state index in [2.05, 4.69) is 11.9 Å². The van der Waals surface area contributed by atoms with Crippen molar-refractivity contribution in [3.05, 3.63) is 42.0 Å². The first-order valence-corrected chi connectivity index (χ1v) is 3.28. The number of hydrogen-bond acceptors (Lipinski definition) is 1. The van der Waals surface area contributed by atoms with Crippen LogP contribution in [0.15, 0.2) is 24.4 Å². The molecule has 51 valence electrons. The Hall–Kier alpha value is -0.820. The van der Waals surface area contributed by atoms with Gasteiger partial charge in [-0.3, -0.25) is 0 Å². The Bertz CT molecular complexity index is 243. The van der Waals surface area contributed by atoms with Crippen LogP contribution in [0.1, 0.15) is 5.56 Å². The molecule has 2 heteroatoms. The Balaban J connectivity index is 2.95. The summed E-state index contributed by atoms with van der Waals surface area (Å²) in [7, 11) is 0. The number of pyridine rings is 1. The lowest BCUT2D eigenvalue weighted by molar-refractivity contribution is 1.32. The minimum atomic E-state index is 0.510. The fraction of sp³-hybridized carbons (Fsp3) is 0. The third-order valence-corrected chi connectivity index (χ3v) is 1.27. The molecule has 0 aliphatic carbocycles. The maximum absolute atomic E-state index is 5.62. The number of nitrogens with zero attached hydrogens (tertiary/aromatic N) is 1. The zero-order valence-corrected chi connectivity index (χ0v) is 6.17. The van der Waals surface area contributed by atoms with Gasteiger partial charge in [0.1, 0.15) is 5.15 Å². The molecule has 0 N–H and O–H groups in total. The summed E-state index contributed by atoms with van der Waals surface area (Å²) in [6.45, 7) is 3.57. The number of hydrogen-bond donors (Lipinski definition) is 0. The van der Waals surface area contributed by atoms with Gasteiger partial charge < -0.3 is 0 Å². The molecule has 1 aromatic rings. The van der Waals surface area contributed by atoms with Gasteiger partial charge in [-0.15, -0.1) is 0 Å². The first kappa shape index (κ1) is 7.29. The molecule has 0 aliphatic rings. The summed E-state index contributed by atoms with van der Waals surface area (Å²) in [5, 5.41) is 0.510. The van der Waals surface area contributed by atoms with Gasteiger partial charge in [-0.25, -0.2) is 4.98 Å². The van der Waals surface area contributed by atoms with Crippen molar-refractivity contribution in [2.45, 2.75) is 0 Å². The van der Waals surface area contributed by atoms with Crippen LogP contribution >= 0.6 is 11.6 Å². The van der Waals surface area contributed by atoms with Crippen molar-refractivity contribution >= 4 is 17.7 Å². The van der Waals surface area contributed by atoms with Crippen molar-refractivity contribution < 1.29 is 0 Å². The number of rotatable bonds is 1. The molecule has 1 heterocycles. The van der Waals surface area contributed by atoms with Gasteiger partial charge in [0, 0.05) is 6.20 Å². The molecule has 1 rings (SSSR count). The second kappa shape index (κ2) is 3.37. The number of allylic oxidation sites excluding steroid dienone is 1. The molecule has 0 amide bonds. The summed E-state index contributed by atoms with van der Waals surface area (Å²) < 4.78 is 0. The van der Waals surface area contributed by atoms with Gasteiger partial charge in [0.15, 0.2) is 0 Å². The van der Waals surface area contributed by atoms with Crippen molar-refractivity contribution in [1.82, 2.24) is 4.98 Å². The average Bonchev–Trinajstić information content (AvgIpc) is 1.88. The molecule has 0 aromatic carbocycles. The van der Waals surface area contributed by atoms with E-state index in [4.69, 9.17) is 11.6 Å². The smallest absolute Gasteiger partial charge is 0.129 e. The minimum Gasteiger partial charge on any atom is -0.245 e. The first-order chi connectivity index (χ1) is 4.83. The van der Waals surface area contributed by atoms with Crippen molar-refractivity contribution in [2.24, 2.45) is 0 Å². The van der Waals surface area contributed by atoms with E-state index in [0.29, 0.717) is 5.15 Å². The fourth-order valence-electron chi connectivity index (χ4n) is 0.657. The number of aromatic nitrogens is 1. The lowest BCUT2D eigenvalue weighted by Crippen LogP contribution is -1.74. The molecule has 1 aromatic heterocycles. The van der Waals surface area contributed by atoms with Crippen molar-refractivity contribution in [3.63, 3.8) is 0 Å². The summed E-state index contributed by atoms with van der Waals surface area (Å²) in [6.07, 6.45) is 5.25. The molecule has 10 heavy (non-hydrogen) atoms. The number of halogens is 1. The highest BCUT2D eigenvalue weighted by Gasteiger charge is 1.87. The fourth-order valence-corrected chi connectivity index (χ4v) is 0.840. The summed E-state index contributed by atoms with van der Waals surface area (Å²) in [4.78, 5) is 3.83. The molecule has 0 spiro atoms. The zero-order chi connectivity index (χ0) is 7.40. The van der Waals surface area contributed by atoms with Gasteiger partial charge in [0.2, 0.25) is 0 Å². The lowest BCUT2D eigenvalue weighted by Gasteiger charge is -1.90. The van der Waals surface area contributed by atoms with Gasteiger partial charge in [0.05, 0.1) is 0 Å². The minimum absolute atomic E-state index is 0.510. The van der Waals surface area contributed by atoms with Crippen molar-refractivity contribution in [1.29, 1.82) is 0 Å². The standard InChI is InChI=1S/C8H7ClN/c1-2-3-7-4-5-10-8(9)6-7/h2-6H,1H2/b3-2+. The van der Waals surface area contributed by atoms with E-state index in [1.807, 2.05) is 12.1 Å². The third kappa shape index (κ3) is 1.85.